The topological polar surface area (TPSA) is 615 Å². The third-order valence-corrected chi connectivity index (χ3v) is 22.9. The van der Waals surface area contributed by atoms with E-state index in [9.17, 15) is 75.7 Å². The number of carboxylic acids is 1. The third kappa shape index (κ3) is 20.7. The number of hydrogen-bond donors (Lipinski definition) is 22. The van der Waals surface area contributed by atoms with E-state index < -0.39 is 279 Å². The first-order chi connectivity index (χ1) is 57.4. The van der Waals surface area contributed by atoms with Crippen molar-refractivity contribution >= 4 is 82.3 Å². The molecule has 3 saturated heterocycles. The molecule has 122 heavy (non-hydrogen) atoms. The van der Waals surface area contributed by atoms with Gasteiger partial charge >= 0.3 is 5.97 Å². The number of nitrogens with one attached hydrogen (secondary N) is 8. The minimum atomic E-state index is -2.42. The molecule has 39 nitrogen and oxygen atoms in total. The number of likely N-dealkylation sites (N-methyl/N-ethyl adjacent to an activating group) is 1. The summed E-state index contributed by atoms with van der Waals surface area (Å²) in [6.07, 6.45) is -27.3. The lowest BCUT2D eigenvalue weighted by Crippen LogP contribution is -2.65. The van der Waals surface area contributed by atoms with Gasteiger partial charge in [-0.05, 0) is 122 Å². The van der Waals surface area contributed by atoms with E-state index in [2.05, 4.69) is 42.5 Å². The zero-order chi connectivity index (χ0) is 87.5. The fraction of sp³-hybridized carbons (Fsp3) is 0.475. The summed E-state index contributed by atoms with van der Waals surface area (Å²) in [6.45, 7) is 5.69. The highest BCUT2D eigenvalue weighted by Crippen LogP contribution is 2.50. The molecule has 42 heteroatoms. The van der Waals surface area contributed by atoms with Crippen molar-refractivity contribution in [2.24, 2.45) is 17.4 Å². The normalized spacial score (nSPS) is 30.1. The van der Waals surface area contributed by atoms with Crippen LogP contribution in [0.25, 0.3) is 11.1 Å². The second-order valence-electron chi connectivity index (χ2n) is 30.7. The molecule has 0 spiro atoms. The Balaban J connectivity index is 0.0000145. The number of fused-ring (bicyclic) bond motifs is 15. The number of primary amides is 1. The molecule has 3 fully saturated rings. The monoisotopic (exact) mass is 1760 g/mol. The fourth-order valence-electron chi connectivity index (χ4n) is 15.0. The summed E-state index contributed by atoms with van der Waals surface area (Å²) in [5, 5.41) is 159. The van der Waals surface area contributed by atoms with E-state index in [1.807, 2.05) is 6.07 Å². The molecule has 1 aromatic heterocycles. The number of nitrogens with two attached hydrogens (primary N) is 2. The molecule has 9 heterocycles. The lowest BCUT2D eigenvalue weighted by atomic mass is 9.86. The Morgan fingerprint density at radius 2 is 1.34 bits per heavy atom. The molecule has 6 aromatic rings. The lowest BCUT2D eigenvalue weighted by Gasteiger charge is -2.46. The Hall–Kier alpha value is -9.77. The van der Waals surface area contributed by atoms with Crippen LogP contribution >= 0.6 is 35.0 Å². The minimum absolute atomic E-state index is 0. The smallest absolute Gasteiger partial charge is 0.330 e. The van der Waals surface area contributed by atoms with Crippen LogP contribution in [0.1, 0.15) is 118 Å². The summed E-state index contributed by atoms with van der Waals surface area (Å²) >= 11 is 16.0. The summed E-state index contributed by atoms with van der Waals surface area (Å²) in [7, 11) is 1.46. The molecular weight excluding hydrogens is 1670 g/mol. The number of carbonyl (C=O) groups excluding carboxylic acids is 7. The van der Waals surface area contributed by atoms with Crippen LogP contribution in [0.4, 0.5) is 0 Å². The van der Waals surface area contributed by atoms with E-state index in [0.29, 0.717) is 18.1 Å². The van der Waals surface area contributed by atoms with Gasteiger partial charge in [-0.15, -0.1) is 0 Å². The molecule has 14 rings (SSSR count). The summed E-state index contributed by atoms with van der Waals surface area (Å²) in [6, 6.07) is 2.61. The molecule has 8 aliphatic heterocycles. The van der Waals surface area contributed by atoms with Gasteiger partial charge in [0, 0.05) is 53.6 Å². The summed E-state index contributed by atoms with van der Waals surface area (Å²) in [5.74, 6) is -14.7. The largest absolute Gasteiger partial charge is 0.508 e. The van der Waals surface area contributed by atoms with Gasteiger partial charge in [-0.25, -0.2) is 4.79 Å². The van der Waals surface area contributed by atoms with Gasteiger partial charge in [0.25, 0.3) is 0 Å². The van der Waals surface area contributed by atoms with Crippen LogP contribution < -0.4 is 68.2 Å². The van der Waals surface area contributed by atoms with Crippen LogP contribution in [0.3, 0.4) is 0 Å². The van der Waals surface area contributed by atoms with Gasteiger partial charge in [0.15, 0.2) is 30.1 Å². The number of hydrogen-bond acceptors (Lipinski definition) is 32. The number of amides is 7. The Morgan fingerprint density at radius 3 is 1.97 bits per heavy atom. The molecule has 8 aliphatic rings. The van der Waals surface area contributed by atoms with Gasteiger partial charge < -0.3 is 158 Å². The number of carbonyl (C=O) groups is 8. The number of carboxylic acid groups (broad SMARTS) is 1. The van der Waals surface area contributed by atoms with Crippen molar-refractivity contribution in [1.82, 2.24) is 42.5 Å². The van der Waals surface area contributed by atoms with Crippen LogP contribution in [0.15, 0.2) is 102 Å². The second-order valence-corrected chi connectivity index (χ2v) is 32.6. The average molecular weight is 1770 g/mol. The average Bonchev–Trinajstić information content (AvgIpc) is 1.13. The molecule has 662 valence electrons. The van der Waals surface area contributed by atoms with E-state index in [0.717, 1.165) is 72.5 Å². The Labute approximate surface area is 711 Å². The molecule has 24 N–H and O–H groups in total. The first-order valence-electron chi connectivity index (χ1n) is 38.4. The number of halogens is 2. The summed E-state index contributed by atoms with van der Waals surface area (Å²) in [5.41, 5.74) is 8.00. The van der Waals surface area contributed by atoms with Gasteiger partial charge in [-0.2, -0.15) is 11.8 Å². The number of phenolic OH excluding ortho intramolecular Hbond substituents is 3. The van der Waals surface area contributed by atoms with Crippen molar-refractivity contribution in [2.45, 2.75) is 200 Å². The highest BCUT2D eigenvalue weighted by Gasteiger charge is 2.53. The maximum Gasteiger partial charge on any atom is 0.330 e. The van der Waals surface area contributed by atoms with E-state index in [1.54, 1.807) is 26.2 Å². The maximum absolute atomic E-state index is 16.4. The van der Waals surface area contributed by atoms with Crippen molar-refractivity contribution in [3.8, 4) is 57.1 Å². The Kier molecular flexibility index (Phi) is 30.0. The number of rotatable bonds is 22. The number of aliphatic hydroxyl groups is 8. The number of benzene rings is 5. The minimum Gasteiger partial charge on any atom is -0.508 e. The standard InChI is InChI=1S/C79H94Cl2N10O29S.CH4/c1-30(2)17-42(84-5)70(104)90-58-60(97)33-9-12-46(40(80)19-33)114-48-21-35-22-49(67(48)119-78-65(102)63(100)68(51(28-92)117-78)120-77-64(101)62(99)61(98)50(116-77)27-85-14-16-121-29-37-7-6-15-112-37)115-47-13-10-34(20-41(47)81)66(118-53-26-79(4,83)69(103)31(3)113-53)59-75(109)89-57(76(110)111)39-23-36(93)24-45(95)54(39)38-18-32(8-11-44(38)94)55(72(106)91-59)88-73(107)56(35)87-71(105)43(25-52(82)96)86-74(58)108;/h6-13,15,18-24,30-31,42-43,50-51,53,55-66,68-69,77-78,84-85,92-95,97-103H,14,16-17,25-29,83H2,1-5H3,(H2,82,96)(H,86,108)(H,87,105)(H,88,107)(H,89,109)(H,90,104)(H,91,106)(H,110,111);1H4/t31-,42+,43-,50+,51+,53?,55+,56+,57+,58?,59-,60+,61-,62-,63+,64+,65+,66+,68+,69-,77-,78-,79-;/m0./s1. The number of aliphatic hydroxyl groups excluding tert-OH is 8. The first kappa shape index (κ1) is 92.9. The van der Waals surface area contributed by atoms with Crippen molar-refractivity contribution in [1.29, 1.82) is 0 Å². The van der Waals surface area contributed by atoms with Crippen LogP contribution in [0.5, 0.6) is 46.0 Å². The molecule has 5 aromatic carbocycles. The molecule has 0 radical (unpaired) electrons. The van der Waals surface area contributed by atoms with Crippen molar-refractivity contribution < 1.29 is 142 Å². The van der Waals surface area contributed by atoms with Crippen LogP contribution in [0, 0.1) is 5.92 Å². The van der Waals surface area contributed by atoms with E-state index >= 15 is 24.0 Å². The van der Waals surface area contributed by atoms with E-state index in [-0.39, 0.29) is 49.4 Å². The Morgan fingerprint density at radius 1 is 0.697 bits per heavy atom. The Bertz CT molecular complexity index is 4820. The SMILES string of the molecule is C.CN[C@H](CC(C)C)C(=O)NC1C(=O)N[C@@H](CC(N)=O)C(=O)N[C@H]2C(=O)N[C@H]3C(=O)N[C@H](C(=O)N[C@@H](C(=O)O)c4cc(O)cc(O)c4-c4cc3ccc4O)[C@H](OC3C[C@](C)(N)[C@@H](O)[C@H](C)O3)c3ccc(c(Cl)c3)Oc3cc2cc(c3O[C@@H]2O[C@H](CO)[C@@H](O[C@@H]3O[C@H](CNCCSCc4ccco4)[C@H](O)[C@H](O)[C@H]3O)[C@H](O)[C@H]2O)Oc2ccc(cc2Cl)[C@H]1O. The van der Waals surface area contributed by atoms with Crippen LogP contribution in [0.2, 0.25) is 10.0 Å². The van der Waals surface area contributed by atoms with Crippen molar-refractivity contribution in [2.75, 3.05) is 32.5 Å². The number of thioether (sulfide) groups is 1. The number of aliphatic carboxylic acids is 1. The van der Waals surface area contributed by atoms with Gasteiger partial charge in [0.2, 0.25) is 53.4 Å². The predicted octanol–water partition coefficient (Wildman–Crippen LogP) is 0.690. The third-order valence-electron chi connectivity index (χ3n) is 21.3. The number of furan rings is 1. The molecule has 0 aliphatic carbocycles. The summed E-state index contributed by atoms with van der Waals surface area (Å²) in [4.78, 5) is 120. The predicted molar refractivity (Wildman–Crippen MR) is 429 cm³/mol. The highest BCUT2D eigenvalue weighted by atomic mass is 35.5. The maximum atomic E-state index is 16.4. The molecular formula is C80H98Cl2N10O29S. The quantitative estimate of drug-likeness (QED) is 0.0416. The van der Waals surface area contributed by atoms with Gasteiger partial charge in [-0.1, -0.05) is 62.7 Å². The van der Waals surface area contributed by atoms with Gasteiger partial charge in [0.05, 0.1) is 53.3 Å². The zero-order valence-corrected chi connectivity index (χ0v) is 67.6. The lowest BCUT2D eigenvalue weighted by molar-refractivity contribution is -0.350. The number of ether oxygens (including phenoxy) is 8. The number of aromatic hydroxyl groups is 3. The van der Waals surface area contributed by atoms with E-state index in [1.165, 1.54) is 44.8 Å². The molecule has 11 bridgehead atoms. The van der Waals surface area contributed by atoms with Crippen molar-refractivity contribution in [3.63, 3.8) is 0 Å². The molecule has 7 amide bonds. The summed E-state index contributed by atoms with van der Waals surface area (Å²) < 4.78 is 56.4. The number of phenols is 3. The van der Waals surface area contributed by atoms with Crippen LogP contribution in [-0.4, -0.2) is 251 Å². The van der Waals surface area contributed by atoms with Gasteiger partial charge in [0.1, 0.15) is 126 Å². The molecule has 0 saturated carbocycles. The highest BCUT2D eigenvalue weighted by molar-refractivity contribution is 7.98. The van der Waals surface area contributed by atoms with Crippen LogP contribution in [-0.2, 0) is 67.8 Å². The van der Waals surface area contributed by atoms with Crippen molar-refractivity contribution in [3.05, 3.63) is 141 Å². The first-order valence-corrected chi connectivity index (χ1v) is 40.3. The molecule has 23 atom stereocenters. The van der Waals surface area contributed by atoms with E-state index in [4.69, 9.17) is 77.0 Å². The fourth-order valence-corrected chi connectivity index (χ4v) is 16.2. The van der Waals surface area contributed by atoms with Gasteiger partial charge in [-0.3, -0.25) is 33.6 Å². The molecule has 2 unspecified atom stereocenters. The second kappa shape index (κ2) is 39.4. The zero-order valence-electron chi connectivity index (χ0n) is 65.3.